The molecule has 20 heavy (non-hydrogen) atoms. The number of hydrogen-bond donors (Lipinski definition) is 1. The first-order chi connectivity index (χ1) is 9.40. The molecule has 0 radical (unpaired) electrons. The van der Waals surface area contributed by atoms with Crippen molar-refractivity contribution in [3.8, 4) is 5.75 Å². The highest BCUT2D eigenvalue weighted by molar-refractivity contribution is 6.30. The summed E-state index contributed by atoms with van der Waals surface area (Å²) in [5.74, 6) is -0.258. The van der Waals surface area contributed by atoms with Crippen LogP contribution in [0.15, 0.2) is 18.2 Å². The third kappa shape index (κ3) is 2.94. The summed E-state index contributed by atoms with van der Waals surface area (Å²) in [7, 11) is 1.75. The topological polar surface area (TPSA) is 53.1 Å². The molecule has 0 saturated carbocycles. The van der Waals surface area contributed by atoms with Crippen LogP contribution in [0, 0.1) is 12.7 Å². The van der Waals surface area contributed by atoms with Crippen molar-refractivity contribution in [1.82, 2.24) is 9.78 Å². The molecule has 0 amide bonds. The van der Waals surface area contributed by atoms with Crippen molar-refractivity contribution in [2.75, 3.05) is 0 Å². The minimum atomic E-state index is -0.433. The van der Waals surface area contributed by atoms with Crippen LogP contribution < -0.4 is 10.5 Å². The van der Waals surface area contributed by atoms with Crippen LogP contribution in [-0.2, 0) is 13.7 Å². The smallest absolute Gasteiger partial charge is 0.165 e. The van der Waals surface area contributed by atoms with E-state index in [1.165, 1.54) is 6.07 Å². The average molecular weight is 298 g/mol. The molecule has 0 saturated heterocycles. The van der Waals surface area contributed by atoms with E-state index in [1.54, 1.807) is 30.8 Å². The lowest BCUT2D eigenvalue weighted by molar-refractivity contribution is 0.289. The van der Waals surface area contributed by atoms with Gasteiger partial charge in [-0.25, -0.2) is 4.39 Å². The van der Waals surface area contributed by atoms with Crippen LogP contribution in [0.5, 0.6) is 5.75 Å². The lowest BCUT2D eigenvalue weighted by Gasteiger charge is -2.10. The lowest BCUT2D eigenvalue weighted by Crippen LogP contribution is -2.06. The van der Waals surface area contributed by atoms with Crippen LogP contribution in [0.4, 0.5) is 4.39 Å². The van der Waals surface area contributed by atoms with Gasteiger partial charge in [-0.15, -0.1) is 0 Å². The molecule has 0 aliphatic heterocycles. The Balaban J connectivity index is 2.15. The van der Waals surface area contributed by atoms with Gasteiger partial charge in [-0.2, -0.15) is 5.10 Å². The zero-order valence-corrected chi connectivity index (χ0v) is 12.4. The number of nitrogens with zero attached hydrogens (tertiary/aromatic N) is 2. The number of halogens is 2. The van der Waals surface area contributed by atoms with Crippen molar-refractivity contribution in [1.29, 1.82) is 0 Å². The molecule has 1 aromatic heterocycles. The molecule has 2 aromatic rings. The van der Waals surface area contributed by atoms with E-state index in [9.17, 15) is 4.39 Å². The van der Waals surface area contributed by atoms with Gasteiger partial charge in [0.15, 0.2) is 11.6 Å². The van der Waals surface area contributed by atoms with Gasteiger partial charge in [-0.1, -0.05) is 17.7 Å². The fourth-order valence-corrected chi connectivity index (χ4v) is 2.13. The third-order valence-electron chi connectivity index (χ3n) is 3.12. The van der Waals surface area contributed by atoms with E-state index in [0.29, 0.717) is 5.15 Å². The number of nitrogens with two attached hydrogens (primary N) is 1. The Hall–Kier alpha value is -1.59. The van der Waals surface area contributed by atoms with Crippen molar-refractivity contribution >= 4 is 11.6 Å². The molecule has 0 aliphatic carbocycles. The summed E-state index contributed by atoms with van der Waals surface area (Å²) >= 11 is 6.10. The van der Waals surface area contributed by atoms with E-state index < -0.39 is 5.82 Å². The Morgan fingerprint density at radius 2 is 2.20 bits per heavy atom. The Morgan fingerprint density at radius 1 is 1.50 bits per heavy atom. The second kappa shape index (κ2) is 5.81. The number of ether oxygens (including phenoxy) is 1. The molecule has 108 valence electrons. The Labute approximate surface area is 122 Å². The van der Waals surface area contributed by atoms with Gasteiger partial charge in [-0.05, 0) is 31.5 Å². The zero-order chi connectivity index (χ0) is 14.9. The SMILES string of the molecule is Cc1nn(C)c(Cl)c1COc1ccc(C(C)N)cc1F. The van der Waals surface area contributed by atoms with Gasteiger partial charge in [0.1, 0.15) is 11.8 Å². The van der Waals surface area contributed by atoms with Crippen molar-refractivity contribution in [3.05, 3.63) is 46.0 Å². The highest BCUT2D eigenvalue weighted by Crippen LogP contribution is 2.24. The summed E-state index contributed by atoms with van der Waals surface area (Å²) in [4.78, 5) is 0. The van der Waals surface area contributed by atoms with Crippen molar-refractivity contribution < 1.29 is 9.13 Å². The molecule has 2 rings (SSSR count). The van der Waals surface area contributed by atoms with Gasteiger partial charge in [0.25, 0.3) is 0 Å². The molecule has 2 N–H and O–H groups in total. The number of benzene rings is 1. The predicted octanol–water partition coefficient (Wildman–Crippen LogP) is 3.12. The van der Waals surface area contributed by atoms with Gasteiger partial charge >= 0.3 is 0 Å². The number of hydrogen-bond acceptors (Lipinski definition) is 3. The van der Waals surface area contributed by atoms with Crippen LogP contribution in [0.1, 0.15) is 29.8 Å². The largest absolute Gasteiger partial charge is 0.486 e. The highest BCUT2D eigenvalue weighted by atomic mass is 35.5. The van der Waals surface area contributed by atoms with Crippen molar-refractivity contribution in [2.45, 2.75) is 26.5 Å². The molecule has 4 nitrogen and oxygen atoms in total. The van der Waals surface area contributed by atoms with Crippen molar-refractivity contribution in [2.24, 2.45) is 12.8 Å². The normalized spacial score (nSPS) is 12.5. The number of rotatable bonds is 4. The van der Waals surface area contributed by atoms with Crippen molar-refractivity contribution in [3.63, 3.8) is 0 Å². The second-order valence-corrected chi connectivity index (χ2v) is 5.10. The molecule has 1 aromatic carbocycles. The summed E-state index contributed by atoms with van der Waals surface area (Å²) in [6, 6.07) is 4.50. The summed E-state index contributed by atoms with van der Waals surface area (Å²) < 4.78 is 20.9. The number of aryl methyl sites for hydroxylation is 2. The minimum absolute atomic E-state index is 0.174. The maximum Gasteiger partial charge on any atom is 0.165 e. The van der Waals surface area contributed by atoms with E-state index in [1.807, 2.05) is 6.92 Å². The third-order valence-corrected chi connectivity index (χ3v) is 3.60. The quantitative estimate of drug-likeness (QED) is 0.943. The second-order valence-electron chi connectivity index (χ2n) is 4.75. The van der Waals surface area contributed by atoms with Crippen LogP contribution in [0.25, 0.3) is 0 Å². The maximum absolute atomic E-state index is 13.9. The minimum Gasteiger partial charge on any atom is -0.486 e. The van der Waals surface area contributed by atoms with Gasteiger partial charge < -0.3 is 10.5 Å². The molecule has 0 spiro atoms. The number of aromatic nitrogens is 2. The molecule has 0 fully saturated rings. The van der Waals surface area contributed by atoms with Crippen LogP contribution >= 0.6 is 11.6 Å². The summed E-state index contributed by atoms with van der Waals surface area (Å²) in [5, 5.41) is 4.67. The molecule has 1 heterocycles. The summed E-state index contributed by atoms with van der Waals surface area (Å²) in [6.45, 7) is 3.81. The summed E-state index contributed by atoms with van der Waals surface area (Å²) in [6.07, 6.45) is 0. The Morgan fingerprint density at radius 3 is 2.70 bits per heavy atom. The zero-order valence-electron chi connectivity index (χ0n) is 11.7. The monoisotopic (exact) mass is 297 g/mol. The molecular formula is C14H17ClFN3O. The molecule has 6 heteroatoms. The van der Waals surface area contributed by atoms with Gasteiger partial charge in [-0.3, -0.25) is 4.68 Å². The summed E-state index contributed by atoms with van der Waals surface area (Å²) in [5.41, 5.74) is 7.95. The fourth-order valence-electron chi connectivity index (χ4n) is 1.91. The first kappa shape index (κ1) is 14.8. The molecule has 1 unspecified atom stereocenters. The fraction of sp³-hybridized carbons (Fsp3) is 0.357. The van der Waals surface area contributed by atoms with Gasteiger partial charge in [0.2, 0.25) is 0 Å². The Bertz CT molecular complexity index is 625. The standard InChI is InChI=1S/C14H17ClFN3O/c1-8(17)10-4-5-13(12(16)6-10)20-7-11-9(2)18-19(3)14(11)15/h4-6,8H,7,17H2,1-3H3. The molecule has 0 bridgehead atoms. The van der Waals surface area contributed by atoms with Gasteiger partial charge in [0, 0.05) is 18.7 Å². The highest BCUT2D eigenvalue weighted by Gasteiger charge is 2.13. The average Bonchev–Trinajstić information content (AvgIpc) is 2.62. The van der Waals surface area contributed by atoms with E-state index in [0.717, 1.165) is 16.8 Å². The molecular weight excluding hydrogens is 281 g/mol. The van der Waals surface area contributed by atoms with E-state index >= 15 is 0 Å². The molecule has 0 aliphatic rings. The van der Waals surface area contributed by atoms with Crippen LogP contribution in [0.3, 0.4) is 0 Å². The van der Waals surface area contributed by atoms with E-state index in [4.69, 9.17) is 22.1 Å². The Kier molecular flexibility index (Phi) is 4.30. The first-order valence-electron chi connectivity index (χ1n) is 6.26. The predicted molar refractivity (Wildman–Crippen MR) is 76.3 cm³/mol. The maximum atomic E-state index is 13.9. The molecule has 1 atom stereocenters. The van der Waals surface area contributed by atoms with Crippen LogP contribution in [0.2, 0.25) is 5.15 Å². The van der Waals surface area contributed by atoms with Gasteiger partial charge in [0.05, 0.1) is 5.69 Å². The van der Waals surface area contributed by atoms with Crippen LogP contribution in [-0.4, -0.2) is 9.78 Å². The van der Waals surface area contributed by atoms with E-state index in [2.05, 4.69) is 5.10 Å². The first-order valence-corrected chi connectivity index (χ1v) is 6.63. The lowest BCUT2D eigenvalue weighted by atomic mass is 10.1. The van der Waals surface area contributed by atoms with E-state index in [-0.39, 0.29) is 18.4 Å².